The maximum Gasteiger partial charge on any atom is 0.317 e. The Morgan fingerprint density at radius 2 is 1.38 bits per heavy atom. The molecule has 7 fully saturated rings. The van der Waals surface area contributed by atoms with Crippen LogP contribution in [0.4, 0.5) is 0 Å². The number of hydrogen-bond acceptors (Lipinski definition) is 19. The number of rotatable bonds is 17. The molecule has 3 aliphatic heterocycles. The summed E-state index contributed by atoms with van der Waals surface area (Å²) in [6.45, 7) is 13.4. The Labute approximate surface area is 495 Å². The van der Waals surface area contributed by atoms with Gasteiger partial charge in [-0.1, -0.05) is 78.2 Å². The van der Waals surface area contributed by atoms with Gasteiger partial charge in [0.2, 0.25) is 12.2 Å². The normalized spacial score (nSPS) is 46.2. The van der Waals surface area contributed by atoms with Crippen LogP contribution in [-0.4, -0.2) is 187 Å². The molecule has 1 aromatic rings. The first kappa shape index (κ1) is 64.2. The van der Waals surface area contributed by atoms with Crippen molar-refractivity contribution < 1.29 is 93.9 Å². The zero-order valence-electron chi connectivity index (χ0n) is 48.6. The van der Waals surface area contributed by atoms with Gasteiger partial charge in [0.05, 0.1) is 44.2 Å². The van der Waals surface area contributed by atoms with E-state index in [-0.39, 0.29) is 59.7 Å². The van der Waals surface area contributed by atoms with E-state index in [9.17, 15) is 60.7 Å². The number of benzene rings is 1. The van der Waals surface area contributed by atoms with Gasteiger partial charge in [-0.25, -0.2) is 0 Å². The maximum atomic E-state index is 15.7. The van der Waals surface area contributed by atoms with Crippen molar-refractivity contribution in [1.29, 1.82) is 0 Å². The fourth-order valence-corrected chi connectivity index (χ4v) is 17.3. The third-order valence-electron chi connectivity index (χ3n) is 22.1. The fourth-order valence-electron chi connectivity index (χ4n) is 16.9. The number of ketones is 1. The third-order valence-corrected chi connectivity index (χ3v) is 22.9. The molecule has 0 spiro atoms. The molecular formula is C61H92INO19. The molecule has 13 unspecified atom stereocenters. The van der Waals surface area contributed by atoms with Crippen molar-refractivity contribution >= 4 is 40.3 Å². The third kappa shape index (κ3) is 11.5. The van der Waals surface area contributed by atoms with Gasteiger partial charge in [0.1, 0.15) is 54.2 Å². The minimum Gasteiger partial charge on any atom is -0.432 e. The predicted octanol–water partition coefficient (Wildman–Crippen LogP) is 3.70. The van der Waals surface area contributed by atoms with Crippen molar-refractivity contribution in [3.8, 4) is 0 Å². The number of amides is 1. The number of unbranched alkanes of at least 4 members (excludes halogenated alkanes) is 3. The van der Waals surface area contributed by atoms with Gasteiger partial charge in [-0.3, -0.25) is 14.4 Å². The van der Waals surface area contributed by atoms with Gasteiger partial charge in [-0.05, 0) is 152 Å². The number of carbonyl (C=O) groups excluding carboxylic acids is 3. The number of hydrogen-bond donors (Lipinski definition) is 11. The van der Waals surface area contributed by atoms with Crippen LogP contribution in [0.15, 0.2) is 35.9 Å². The van der Waals surface area contributed by atoms with Gasteiger partial charge in [-0.2, -0.15) is 0 Å². The molecule has 3 saturated heterocycles. The standard InChI is InChI=1S/C61H92INO19/c1-31-50(80-52-48(74)45(71)37(67)29-77-52)47(73)49(75)53(78-31)81-51-46(72)44(63-43(70)13-11-9-8-10-12-36(66)32-14-16-33(62)17-15-32)38(28-64)79-54(51)82-55(76)61-25-24-56(2,3)26-35(61)34-18-19-40-57(4)22-21-41(68)58(5,30-65)39(57)20-23-59(40,6)60(34,7)27-42(61)69/h14-18,31,35,37-42,44-54,64-65,67-69,71-75H,8-13,19-30H2,1-7H3,(H,63,70)/t31-,35?,37?,38+,39-,40?,41+,42?,44?,45?,46?,47?,48?,49?,50?,51?,52+,53+,54+,57?,58-,59+,60-,61-/m1/s1. The first-order valence-corrected chi connectivity index (χ1v) is 31.1. The summed E-state index contributed by atoms with van der Waals surface area (Å²) in [5, 5.41) is 115. The average molecular weight is 1270 g/mol. The molecule has 0 radical (unpaired) electrons. The number of aliphatic hydroxyl groups excluding tert-OH is 10. The Bertz CT molecular complexity index is 2470. The SMILES string of the molecule is C[C@H]1O[C@@H](OC2C(O)C(NC(=O)CCCCCCC(=O)c3ccc(I)cc3)[C@H](CO)O[C@H]2OC(=O)[C@]23CCC(C)(C)CC2C2=CCC4C5(C)CC[C@H](O)[C@](C)(CO)[C@@H]5CC[C@]4(C)[C@]2(C)CC3O)C(O)C(O)C1O[C@@H]1OCC(O)C(O)C1O. The summed E-state index contributed by atoms with van der Waals surface area (Å²) < 4.78 is 37.6. The second kappa shape index (κ2) is 24.7. The average Bonchev–Trinajstić information content (AvgIpc) is 3.61. The lowest BCUT2D eigenvalue weighted by atomic mass is 9.33. The summed E-state index contributed by atoms with van der Waals surface area (Å²) in [4.78, 5) is 42.2. The number of halogens is 1. The largest absolute Gasteiger partial charge is 0.432 e. The van der Waals surface area contributed by atoms with E-state index in [1.165, 1.54) is 6.92 Å². The number of Topliss-reactive ketones (excluding diaryl/α,β-unsaturated/α-hetero) is 1. The number of aliphatic hydroxyl groups is 10. The van der Waals surface area contributed by atoms with E-state index in [0.29, 0.717) is 63.4 Å². The molecule has 9 rings (SSSR count). The Balaban J connectivity index is 0.963. The summed E-state index contributed by atoms with van der Waals surface area (Å²) in [7, 11) is 0. The molecule has 462 valence electrons. The minimum absolute atomic E-state index is 0.0129. The Morgan fingerprint density at radius 3 is 2.06 bits per heavy atom. The molecule has 8 aliphatic rings. The highest BCUT2D eigenvalue weighted by molar-refractivity contribution is 14.1. The lowest BCUT2D eigenvalue weighted by molar-refractivity contribution is -0.370. The number of allylic oxidation sites excluding steroid dienone is 2. The van der Waals surface area contributed by atoms with Crippen LogP contribution >= 0.6 is 22.6 Å². The van der Waals surface area contributed by atoms with Crippen LogP contribution in [0.1, 0.15) is 155 Å². The van der Waals surface area contributed by atoms with E-state index in [0.717, 1.165) is 28.4 Å². The fraction of sp³-hybridized carbons (Fsp3) is 0.820. The lowest BCUT2D eigenvalue weighted by Gasteiger charge is -2.71. The molecule has 0 bridgehead atoms. The smallest absolute Gasteiger partial charge is 0.317 e. The summed E-state index contributed by atoms with van der Waals surface area (Å²) in [5.74, 6) is -1.57. The van der Waals surface area contributed by atoms with Crippen molar-refractivity contribution in [3.63, 3.8) is 0 Å². The molecular weight excluding hydrogens is 1180 g/mol. The molecule has 4 saturated carbocycles. The molecule has 20 nitrogen and oxygen atoms in total. The Hall–Kier alpha value is -2.30. The first-order chi connectivity index (χ1) is 38.6. The van der Waals surface area contributed by atoms with E-state index in [4.69, 9.17) is 28.4 Å². The zero-order chi connectivity index (χ0) is 59.6. The van der Waals surface area contributed by atoms with E-state index < -0.39 is 145 Å². The van der Waals surface area contributed by atoms with Gasteiger partial charge < -0.3 is 84.8 Å². The minimum atomic E-state index is -1.95. The van der Waals surface area contributed by atoms with Crippen LogP contribution in [-0.2, 0) is 38.0 Å². The van der Waals surface area contributed by atoms with Crippen molar-refractivity contribution in [2.24, 2.45) is 50.2 Å². The predicted molar refractivity (Wildman–Crippen MR) is 303 cm³/mol. The van der Waals surface area contributed by atoms with E-state index in [1.54, 1.807) is 12.1 Å². The van der Waals surface area contributed by atoms with Gasteiger partial charge in [0.25, 0.3) is 0 Å². The topological polar surface area (TPSA) is 321 Å². The second-order valence-corrected chi connectivity index (χ2v) is 28.6. The van der Waals surface area contributed by atoms with E-state index in [1.807, 2.05) is 19.1 Å². The first-order valence-electron chi connectivity index (χ1n) is 30.0. The van der Waals surface area contributed by atoms with Crippen molar-refractivity contribution in [1.82, 2.24) is 5.32 Å². The quantitative estimate of drug-likeness (QED) is 0.0348. The summed E-state index contributed by atoms with van der Waals surface area (Å²) in [5.41, 5.74) is -1.86. The number of esters is 1. The van der Waals surface area contributed by atoms with Crippen LogP contribution < -0.4 is 5.32 Å². The van der Waals surface area contributed by atoms with Crippen molar-refractivity contribution in [3.05, 3.63) is 45.0 Å². The molecule has 1 amide bonds. The summed E-state index contributed by atoms with van der Waals surface area (Å²) >= 11 is 2.18. The Morgan fingerprint density at radius 1 is 0.707 bits per heavy atom. The molecule has 0 aromatic heterocycles. The van der Waals surface area contributed by atoms with Crippen LogP contribution in [0, 0.1) is 53.8 Å². The number of nitrogens with one attached hydrogen (secondary N) is 1. The van der Waals surface area contributed by atoms with Gasteiger partial charge in [0.15, 0.2) is 24.5 Å². The molecule has 1 aromatic carbocycles. The monoisotopic (exact) mass is 1270 g/mol. The molecule has 82 heavy (non-hydrogen) atoms. The van der Waals surface area contributed by atoms with Gasteiger partial charge >= 0.3 is 5.97 Å². The van der Waals surface area contributed by atoms with Gasteiger partial charge in [0, 0.05) is 27.4 Å². The summed E-state index contributed by atoms with van der Waals surface area (Å²) in [6, 6.07) is 5.99. The van der Waals surface area contributed by atoms with Crippen molar-refractivity contribution in [2.45, 2.75) is 243 Å². The highest BCUT2D eigenvalue weighted by Gasteiger charge is 2.72. The van der Waals surface area contributed by atoms with Crippen LogP contribution in [0.25, 0.3) is 0 Å². The number of fused-ring (bicyclic) bond motifs is 7. The highest BCUT2D eigenvalue weighted by Crippen LogP contribution is 2.76. The number of carbonyl (C=O) groups is 3. The Kier molecular flexibility index (Phi) is 19.3. The molecule has 5 aliphatic carbocycles. The van der Waals surface area contributed by atoms with Crippen LogP contribution in [0.3, 0.4) is 0 Å². The number of ether oxygens (including phenoxy) is 6. The van der Waals surface area contributed by atoms with Crippen LogP contribution in [0.2, 0.25) is 0 Å². The van der Waals surface area contributed by atoms with E-state index >= 15 is 4.79 Å². The molecule has 21 heteroatoms. The van der Waals surface area contributed by atoms with Crippen molar-refractivity contribution in [2.75, 3.05) is 19.8 Å². The van der Waals surface area contributed by atoms with Crippen LogP contribution in [0.5, 0.6) is 0 Å². The summed E-state index contributed by atoms with van der Waals surface area (Å²) in [6.07, 6.45) is -12.8. The maximum absolute atomic E-state index is 15.7. The van der Waals surface area contributed by atoms with E-state index in [2.05, 4.69) is 68.6 Å². The van der Waals surface area contributed by atoms with Gasteiger partial charge in [-0.15, -0.1) is 0 Å². The second-order valence-electron chi connectivity index (χ2n) is 27.4. The lowest BCUT2D eigenvalue weighted by Crippen LogP contribution is -2.69. The molecule has 24 atom stereocenters. The zero-order valence-corrected chi connectivity index (χ0v) is 50.8. The molecule has 3 heterocycles. The highest BCUT2D eigenvalue weighted by atomic mass is 127. The molecule has 11 N–H and O–H groups in total.